The molecule has 0 bridgehead atoms. The van der Waals surface area contributed by atoms with Gasteiger partial charge < -0.3 is 10.6 Å². The van der Waals surface area contributed by atoms with Crippen molar-refractivity contribution in [1.82, 2.24) is 14.8 Å². The first-order valence-corrected chi connectivity index (χ1v) is 8.12. The Morgan fingerprint density at radius 2 is 2.00 bits per heavy atom. The van der Waals surface area contributed by atoms with Gasteiger partial charge in [0.1, 0.15) is 0 Å². The fourth-order valence-electron chi connectivity index (χ4n) is 2.84. The maximum absolute atomic E-state index is 11.8. The predicted octanol–water partition coefficient (Wildman–Crippen LogP) is 0.767. The molecule has 1 fully saturated rings. The van der Waals surface area contributed by atoms with E-state index in [-0.39, 0.29) is 11.8 Å². The number of hydrogen-bond donors (Lipinski definition) is 1. The van der Waals surface area contributed by atoms with Gasteiger partial charge in [-0.2, -0.15) is 0 Å². The highest BCUT2D eigenvalue weighted by molar-refractivity contribution is 5.77. The molecular formula is C17H26N4O2. The highest BCUT2D eigenvalue weighted by atomic mass is 16.2. The number of primary amides is 1. The van der Waals surface area contributed by atoms with Crippen molar-refractivity contribution in [3.05, 3.63) is 29.6 Å². The van der Waals surface area contributed by atoms with Gasteiger partial charge in [-0.25, -0.2) is 0 Å². The summed E-state index contributed by atoms with van der Waals surface area (Å²) in [6, 6.07) is 6.00. The number of aromatic nitrogens is 1. The smallest absolute Gasteiger partial charge is 0.236 e. The van der Waals surface area contributed by atoms with Crippen LogP contribution >= 0.6 is 0 Å². The molecule has 1 aliphatic rings. The molecule has 0 aliphatic carbocycles. The SMILES string of the molecule is CN(C)C(=O)CN1CCC(c2cccc(CCC(N)=O)n2)CC1. The van der Waals surface area contributed by atoms with Crippen LogP contribution in [0.25, 0.3) is 0 Å². The molecule has 0 unspecified atom stereocenters. The van der Waals surface area contributed by atoms with Crippen LogP contribution in [0.4, 0.5) is 0 Å². The molecule has 2 N–H and O–H groups in total. The Kier molecular flexibility index (Phi) is 6.10. The Morgan fingerprint density at radius 1 is 1.30 bits per heavy atom. The standard InChI is InChI=1S/C17H26N4O2/c1-20(2)17(23)12-21-10-8-13(9-11-21)15-5-3-4-14(19-15)6-7-16(18)22/h3-5,13H,6-12H2,1-2H3,(H2,18,22). The summed E-state index contributed by atoms with van der Waals surface area (Å²) in [4.78, 5) is 31.2. The molecule has 0 aromatic carbocycles. The van der Waals surface area contributed by atoms with Gasteiger partial charge in [0, 0.05) is 37.8 Å². The molecular weight excluding hydrogens is 292 g/mol. The van der Waals surface area contributed by atoms with Gasteiger partial charge in [-0.3, -0.25) is 19.5 Å². The third kappa shape index (κ3) is 5.32. The van der Waals surface area contributed by atoms with E-state index in [9.17, 15) is 9.59 Å². The van der Waals surface area contributed by atoms with Gasteiger partial charge in [0.2, 0.25) is 11.8 Å². The summed E-state index contributed by atoms with van der Waals surface area (Å²) in [6.07, 6.45) is 2.95. The number of carbonyl (C=O) groups excluding carboxylic acids is 2. The lowest BCUT2D eigenvalue weighted by Gasteiger charge is -2.31. The Balaban J connectivity index is 1.88. The number of piperidine rings is 1. The molecule has 2 amide bonds. The maximum Gasteiger partial charge on any atom is 0.236 e. The summed E-state index contributed by atoms with van der Waals surface area (Å²) < 4.78 is 0. The summed E-state index contributed by atoms with van der Waals surface area (Å²) in [5, 5.41) is 0. The minimum atomic E-state index is -0.295. The van der Waals surface area contributed by atoms with Crippen molar-refractivity contribution in [2.75, 3.05) is 33.7 Å². The molecule has 0 atom stereocenters. The largest absolute Gasteiger partial charge is 0.370 e. The summed E-state index contributed by atoms with van der Waals surface area (Å²) >= 11 is 0. The molecule has 1 aromatic heterocycles. The number of amides is 2. The second-order valence-electron chi connectivity index (χ2n) is 6.36. The van der Waals surface area contributed by atoms with Crippen LogP contribution in [-0.2, 0) is 16.0 Å². The van der Waals surface area contributed by atoms with Crippen LogP contribution in [0, 0.1) is 0 Å². The molecule has 2 heterocycles. The van der Waals surface area contributed by atoms with Crippen LogP contribution in [0.1, 0.15) is 36.6 Å². The van der Waals surface area contributed by atoms with Gasteiger partial charge >= 0.3 is 0 Å². The first-order valence-electron chi connectivity index (χ1n) is 8.12. The molecule has 2 rings (SSSR count). The summed E-state index contributed by atoms with van der Waals surface area (Å²) in [5.41, 5.74) is 7.21. The zero-order chi connectivity index (χ0) is 16.8. The molecule has 1 aromatic rings. The first-order chi connectivity index (χ1) is 11.0. The average Bonchev–Trinajstić information content (AvgIpc) is 2.54. The van der Waals surface area contributed by atoms with Crippen LogP contribution in [0.2, 0.25) is 0 Å². The molecule has 126 valence electrons. The number of carbonyl (C=O) groups is 2. The molecule has 6 heteroatoms. The van der Waals surface area contributed by atoms with Crippen LogP contribution in [0.3, 0.4) is 0 Å². The van der Waals surface area contributed by atoms with Crippen LogP contribution in [0.15, 0.2) is 18.2 Å². The Bertz CT molecular complexity index is 551. The van der Waals surface area contributed by atoms with Crippen LogP contribution in [-0.4, -0.2) is 60.3 Å². The van der Waals surface area contributed by atoms with Crippen molar-refractivity contribution in [2.24, 2.45) is 5.73 Å². The number of aryl methyl sites for hydroxylation is 1. The summed E-state index contributed by atoms with van der Waals surface area (Å²) in [5.74, 6) is 0.278. The van der Waals surface area contributed by atoms with Crippen molar-refractivity contribution in [3.8, 4) is 0 Å². The summed E-state index contributed by atoms with van der Waals surface area (Å²) in [6.45, 7) is 2.32. The number of nitrogens with zero attached hydrogens (tertiary/aromatic N) is 3. The van der Waals surface area contributed by atoms with Gasteiger partial charge in [-0.15, -0.1) is 0 Å². The molecule has 23 heavy (non-hydrogen) atoms. The molecule has 1 saturated heterocycles. The minimum Gasteiger partial charge on any atom is -0.370 e. The zero-order valence-electron chi connectivity index (χ0n) is 14.0. The number of hydrogen-bond acceptors (Lipinski definition) is 4. The van der Waals surface area contributed by atoms with E-state index in [4.69, 9.17) is 5.73 Å². The zero-order valence-corrected chi connectivity index (χ0v) is 14.0. The number of rotatable bonds is 6. The first kappa shape index (κ1) is 17.4. The number of likely N-dealkylation sites (N-methyl/N-ethyl adjacent to an activating group) is 1. The summed E-state index contributed by atoms with van der Waals surface area (Å²) in [7, 11) is 3.58. The lowest BCUT2D eigenvalue weighted by atomic mass is 9.92. The Hall–Kier alpha value is -1.95. The number of nitrogens with two attached hydrogens (primary N) is 1. The molecule has 0 spiro atoms. The Morgan fingerprint density at radius 3 is 2.61 bits per heavy atom. The third-order valence-corrected chi connectivity index (χ3v) is 4.32. The van der Waals surface area contributed by atoms with Crippen molar-refractivity contribution < 1.29 is 9.59 Å². The van der Waals surface area contributed by atoms with Crippen LogP contribution in [0.5, 0.6) is 0 Å². The van der Waals surface area contributed by atoms with Crippen molar-refractivity contribution in [1.29, 1.82) is 0 Å². The lowest BCUT2D eigenvalue weighted by molar-refractivity contribution is -0.130. The quantitative estimate of drug-likeness (QED) is 0.840. The number of pyridine rings is 1. The maximum atomic E-state index is 11.8. The van der Waals surface area contributed by atoms with E-state index in [0.717, 1.165) is 37.3 Å². The van der Waals surface area contributed by atoms with Gasteiger partial charge in [-0.05, 0) is 44.5 Å². The normalized spacial score (nSPS) is 16.3. The fourth-order valence-corrected chi connectivity index (χ4v) is 2.84. The monoisotopic (exact) mass is 318 g/mol. The molecule has 1 aliphatic heterocycles. The molecule has 0 saturated carbocycles. The second kappa shape index (κ2) is 8.06. The van der Waals surface area contributed by atoms with E-state index in [2.05, 4.69) is 16.0 Å². The van der Waals surface area contributed by atoms with E-state index in [1.807, 2.05) is 12.1 Å². The average molecular weight is 318 g/mol. The van der Waals surface area contributed by atoms with Crippen molar-refractivity contribution >= 4 is 11.8 Å². The van der Waals surface area contributed by atoms with E-state index in [1.165, 1.54) is 0 Å². The van der Waals surface area contributed by atoms with Crippen molar-refractivity contribution in [3.63, 3.8) is 0 Å². The van der Waals surface area contributed by atoms with Gasteiger partial charge in [0.25, 0.3) is 0 Å². The minimum absolute atomic E-state index is 0.148. The van der Waals surface area contributed by atoms with Crippen molar-refractivity contribution in [2.45, 2.75) is 31.6 Å². The topological polar surface area (TPSA) is 79.5 Å². The fraction of sp³-hybridized carbons (Fsp3) is 0.588. The van der Waals surface area contributed by atoms with E-state index < -0.39 is 0 Å². The van der Waals surface area contributed by atoms with Gasteiger partial charge in [0.05, 0.1) is 6.54 Å². The van der Waals surface area contributed by atoms with Crippen LogP contribution < -0.4 is 5.73 Å². The predicted molar refractivity (Wildman–Crippen MR) is 88.9 cm³/mol. The molecule has 0 radical (unpaired) electrons. The highest BCUT2D eigenvalue weighted by Gasteiger charge is 2.23. The third-order valence-electron chi connectivity index (χ3n) is 4.32. The Labute approximate surface area is 137 Å². The number of likely N-dealkylation sites (tertiary alicyclic amines) is 1. The second-order valence-corrected chi connectivity index (χ2v) is 6.36. The van der Waals surface area contributed by atoms with E-state index >= 15 is 0 Å². The van der Waals surface area contributed by atoms with E-state index in [0.29, 0.717) is 25.3 Å². The molecule has 6 nitrogen and oxygen atoms in total. The lowest BCUT2D eigenvalue weighted by Crippen LogP contribution is -2.40. The van der Waals surface area contributed by atoms with Gasteiger partial charge in [0.15, 0.2) is 0 Å². The highest BCUT2D eigenvalue weighted by Crippen LogP contribution is 2.26. The van der Waals surface area contributed by atoms with Gasteiger partial charge in [-0.1, -0.05) is 6.07 Å². The van der Waals surface area contributed by atoms with E-state index in [1.54, 1.807) is 19.0 Å².